The van der Waals surface area contributed by atoms with Gasteiger partial charge in [-0.15, -0.1) is 0 Å². The summed E-state index contributed by atoms with van der Waals surface area (Å²) in [5, 5.41) is 12.3. The van der Waals surface area contributed by atoms with Gasteiger partial charge in [-0.2, -0.15) is 4.40 Å². The highest BCUT2D eigenvalue weighted by Crippen LogP contribution is 2.46. The van der Waals surface area contributed by atoms with E-state index in [-0.39, 0.29) is 24.5 Å². The predicted octanol–water partition coefficient (Wildman–Crippen LogP) is 7.24. The number of hydrogen-bond donors (Lipinski definition) is 3. The summed E-state index contributed by atoms with van der Waals surface area (Å²) in [5.41, 5.74) is 15.2. The molecule has 44 heavy (non-hydrogen) atoms. The molecule has 1 amide bonds. The fourth-order valence-electron chi connectivity index (χ4n) is 6.23. The molecule has 232 valence electrons. The van der Waals surface area contributed by atoms with Crippen LogP contribution in [0.15, 0.2) is 57.8 Å². The van der Waals surface area contributed by atoms with Crippen molar-refractivity contribution in [2.24, 2.45) is 10.1 Å². The van der Waals surface area contributed by atoms with E-state index < -0.39 is 18.1 Å². The van der Waals surface area contributed by atoms with E-state index >= 15 is 0 Å². The predicted molar refractivity (Wildman–Crippen MR) is 175 cm³/mol. The lowest BCUT2D eigenvalue weighted by Gasteiger charge is -2.18. The van der Waals surface area contributed by atoms with Crippen LogP contribution >= 0.6 is 11.9 Å². The first-order valence-electron chi connectivity index (χ1n) is 15.1. The highest BCUT2D eigenvalue weighted by molar-refractivity contribution is 7.98. The van der Waals surface area contributed by atoms with Crippen molar-refractivity contribution in [3.63, 3.8) is 0 Å². The van der Waals surface area contributed by atoms with Crippen molar-refractivity contribution >= 4 is 29.8 Å². The Morgan fingerprint density at radius 3 is 2.32 bits per heavy atom. The van der Waals surface area contributed by atoms with Crippen LogP contribution in [0.3, 0.4) is 0 Å². The lowest BCUT2D eigenvalue weighted by molar-refractivity contribution is -0.139. The van der Waals surface area contributed by atoms with Crippen molar-refractivity contribution in [3.8, 4) is 16.9 Å². The minimum Gasteiger partial charge on any atom is -0.487 e. The lowest BCUT2D eigenvalue weighted by atomic mass is 9.94. The zero-order valence-electron chi connectivity index (χ0n) is 26.0. The molecule has 1 aliphatic heterocycles. The molecule has 0 spiro atoms. The first-order chi connectivity index (χ1) is 21.0. The number of nitrogens with zero attached hydrogens (tertiary/aromatic N) is 1. The van der Waals surface area contributed by atoms with E-state index in [1.165, 1.54) is 23.1 Å². The SMILES string of the molecule is Cc1c(C)c(SN=C(N)CCCC[C@H](NC(=O)OCC2c3ccccc3-c3ccccc32)C(=O)O)c(C)c2c1OC(C)(C)C2. The molecule has 0 radical (unpaired) electrons. The van der Waals surface area contributed by atoms with Gasteiger partial charge in [0.1, 0.15) is 29.8 Å². The van der Waals surface area contributed by atoms with Gasteiger partial charge in [0.25, 0.3) is 0 Å². The molecule has 0 aromatic heterocycles. The summed E-state index contributed by atoms with van der Waals surface area (Å²) in [6.07, 6.45) is 2.12. The Morgan fingerprint density at radius 1 is 1.05 bits per heavy atom. The summed E-state index contributed by atoms with van der Waals surface area (Å²) in [6.45, 7) is 10.6. The molecule has 2 aliphatic rings. The molecule has 9 heteroatoms. The highest BCUT2D eigenvalue weighted by atomic mass is 32.2. The maximum atomic E-state index is 12.6. The van der Waals surface area contributed by atoms with Crippen LogP contribution in [0.5, 0.6) is 5.75 Å². The number of alkyl carbamates (subject to hydrolysis) is 1. The average molecular weight is 616 g/mol. The van der Waals surface area contributed by atoms with Gasteiger partial charge in [-0.1, -0.05) is 55.0 Å². The Balaban J connectivity index is 1.10. The zero-order valence-corrected chi connectivity index (χ0v) is 26.8. The standard InChI is InChI=1S/C35H41N3O5S/c1-20-21(2)32(22(3)27-18-35(4,5)43-31(20)27)44-38-30(36)17-11-10-16-29(33(39)40)37-34(41)42-19-28-25-14-8-6-12-23(25)24-13-7-9-15-26(24)28/h6-9,12-15,28-29H,10-11,16-19H2,1-5H3,(H2,36,38)(H,37,41)(H,39,40)/t29-/m0/s1. The number of amides is 1. The van der Waals surface area contributed by atoms with E-state index in [9.17, 15) is 14.7 Å². The number of carboxylic acid groups (broad SMARTS) is 1. The van der Waals surface area contributed by atoms with Crippen molar-refractivity contribution in [2.75, 3.05) is 6.61 Å². The fourth-order valence-corrected chi connectivity index (χ4v) is 7.08. The third-order valence-electron chi connectivity index (χ3n) is 8.66. The number of carboxylic acids is 1. The van der Waals surface area contributed by atoms with Crippen LogP contribution in [0.25, 0.3) is 11.1 Å². The van der Waals surface area contributed by atoms with E-state index in [2.05, 4.69) is 56.5 Å². The Labute approximate surface area is 263 Å². The van der Waals surface area contributed by atoms with Crippen molar-refractivity contribution in [1.82, 2.24) is 5.32 Å². The minimum absolute atomic E-state index is 0.0926. The number of unbranched alkanes of at least 4 members (excludes halogenated alkanes) is 1. The number of aliphatic carboxylic acids is 1. The van der Waals surface area contributed by atoms with Gasteiger partial charge in [-0.05, 0) is 86.4 Å². The van der Waals surface area contributed by atoms with Gasteiger partial charge in [-0.25, -0.2) is 9.59 Å². The molecule has 4 N–H and O–H groups in total. The molecule has 1 heterocycles. The second kappa shape index (κ2) is 12.9. The second-order valence-corrected chi connectivity index (χ2v) is 13.1. The summed E-state index contributed by atoms with van der Waals surface area (Å²) in [4.78, 5) is 25.6. The molecule has 3 aromatic rings. The van der Waals surface area contributed by atoms with Crippen LogP contribution in [0.4, 0.5) is 4.79 Å². The number of nitrogens with one attached hydrogen (secondary N) is 1. The molecule has 1 atom stereocenters. The molecule has 0 saturated carbocycles. The lowest BCUT2D eigenvalue weighted by Crippen LogP contribution is -2.41. The molecule has 0 saturated heterocycles. The summed E-state index contributed by atoms with van der Waals surface area (Å²) >= 11 is 1.39. The maximum Gasteiger partial charge on any atom is 0.407 e. The Hall–Kier alpha value is -3.98. The molecular formula is C35H41N3O5S. The highest BCUT2D eigenvalue weighted by Gasteiger charge is 2.34. The molecular weight excluding hydrogens is 574 g/mol. The third-order valence-corrected chi connectivity index (χ3v) is 9.78. The number of carbonyl (C=O) groups is 2. The Kier molecular flexibility index (Phi) is 9.25. The molecule has 0 unspecified atom stereocenters. The third kappa shape index (κ3) is 6.58. The van der Waals surface area contributed by atoms with E-state index in [1.807, 2.05) is 36.4 Å². The van der Waals surface area contributed by atoms with Crippen LogP contribution in [-0.4, -0.2) is 41.3 Å². The molecule has 5 rings (SSSR count). The van der Waals surface area contributed by atoms with Gasteiger partial charge in [0.05, 0.1) is 0 Å². The summed E-state index contributed by atoms with van der Waals surface area (Å²) < 4.78 is 16.3. The van der Waals surface area contributed by atoms with Gasteiger partial charge in [-0.3, -0.25) is 0 Å². The van der Waals surface area contributed by atoms with Crippen LogP contribution in [0, 0.1) is 20.8 Å². The van der Waals surface area contributed by atoms with Crippen molar-refractivity contribution in [1.29, 1.82) is 0 Å². The smallest absolute Gasteiger partial charge is 0.407 e. The summed E-state index contributed by atoms with van der Waals surface area (Å²) in [7, 11) is 0. The number of rotatable bonds is 11. The van der Waals surface area contributed by atoms with E-state index in [1.54, 1.807) is 0 Å². The van der Waals surface area contributed by atoms with Gasteiger partial charge in [0.2, 0.25) is 0 Å². The number of benzene rings is 3. The van der Waals surface area contributed by atoms with Gasteiger partial charge >= 0.3 is 12.1 Å². The quantitative estimate of drug-likeness (QED) is 0.0899. The number of nitrogens with two attached hydrogens (primary N) is 1. The largest absolute Gasteiger partial charge is 0.487 e. The zero-order chi connectivity index (χ0) is 31.6. The summed E-state index contributed by atoms with van der Waals surface area (Å²) in [5.74, 6) is 0.303. The first-order valence-corrected chi connectivity index (χ1v) is 15.9. The summed E-state index contributed by atoms with van der Waals surface area (Å²) in [6, 6.07) is 15.1. The van der Waals surface area contributed by atoms with Crippen LogP contribution < -0.4 is 15.8 Å². The van der Waals surface area contributed by atoms with Crippen LogP contribution in [-0.2, 0) is 16.0 Å². The van der Waals surface area contributed by atoms with E-state index in [4.69, 9.17) is 15.2 Å². The van der Waals surface area contributed by atoms with E-state index in [0.29, 0.717) is 25.1 Å². The Bertz CT molecular complexity index is 1570. The molecule has 8 nitrogen and oxygen atoms in total. The van der Waals surface area contributed by atoms with E-state index in [0.717, 1.165) is 50.4 Å². The van der Waals surface area contributed by atoms with Gasteiger partial charge in [0, 0.05) is 41.2 Å². The number of amidine groups is 1. The maximum absolute atomic E-state index is 12.6. The monoisotopic (exact) mass is 615 g/mol. The fraction of sp³-hybridized carbons (Fsp3) is 0.400. The number of ether oxygens (including phenoxy) is 2. The molecule has 0 bridgehead atoms. The van der Waals surface area contributed by atoms with Crippen molar-refractivity contribution in [3.05, 3.63) is 81.9 Å². The van der Waals surface area contributed by atoms with Crippen molar-refractivity contribution < 1.29 is 24.2 Å². The first kappa shape index (κ1) is 31.4. The average Bonchev–Trinajstić information content (AvgIpc) is 3.50. The minimum atomic E-state index is -1.10. The van der Waals surface area contributed by atoms with Crippen LogP contribution in [0.1, 0.15) is 78.8 Å². The number of fused-ring (bicyclic) bond motifs is 4. The molecule has 0 fully saturated rings. The van der Waals surface area contributed by atoms with Crippen LogP contribution in [0.2, 0.25) is 0 Å². The Morgan fingerprint density at radius 2 is 1.68 bits per heavy atom. The van der Waals surface area contributed by atoms with Gasteiger partial charge in [0.15, 0.2) is 0 Å². The molecule has 1 aliphatic carbocycles. The van der Waals surface area contributed by atoms with Gasteiger partial charge < -0.3 is 25.6 Å². The topological polar surface area (TPSA) is 123 Å². The second-order valence-electron chi connectivity index (χ2n) is 12.3. The molecule has 3 aromatic carbocycles. The van der Waals surface area contributed by atoms with Crippen molar-refractivity contribution in [2.45, 2.75) is 89.2 Å². The normalized spacial score (nSPS) is 15.6. The number of carbonyl (C=O) groups excluding carboxylic acids is 1. The number of hydrogen-bond acceptors (Lipinski definition) is 6.